The molecule has 1 amide bonds. The molecule has 0 radical (unpaired) electrons. The lowest BCUT2D eigenvalue weighted by molar-refractivity contribution is -0.113. The van der Waals surface area contributed by atoms with Crippen LogP contribution < -0.4 is 14.8 Å². The zero-order valence-electron chi connectivity index (χ0n) is 18.2. The summed E-state index contributed by atoms with van der Waals surface area (Å²) < 4.78 is 12.3. The Morgan fingerprint density at radius 2 is 1.84 bits per heavy atom. The van der Waals surface area contributed by atoms with E-state index in [-0.39, 0.29) is 11.7 Å². The molecule has 0 bridgehead atoms. The van der Waals surface area contributed by atoms with Gasteiger partial charge in [0.05, 0.1) is 37.2 Å². The average Bonchev–Trinajstić information content (AvgIpc) is 3.24. The van der Waals surface area contributed by atoms with Crippen molar-refractivity contribution in [3.05, 3.63) is 60.0 Å². The first kappa shape index (κ1) is 21.6. The number of amides is 1. The Labute approximate surface area is 190 Å². The Bertz CT molecular complexity index is 1290. The van der Waals surface area contributed by atoms with Crippen LogP contribution in [0, 0.1) is 13.8 Å². The summed E-state index contributed by atoms with van der Waals surface area (Å²) >= 11 is 1.34. The first-order chi connectivity index (χ1) is 15.5. The summed E-state index contributed by atoms with van der Waals surface area (Å²) in [5, 5.41) is 8.87. The molecule has 0 atom stereocenters. The van der Waals surface area contributed by atoms with Crippen LogP contribution in [0.1, 0.15) is 11.1 Å². The van der Waals surface area contributed by atoms with E-state index in [1.54, 1.807) is 43.3 Å². The Morgan fingerprint density at radius 3 is 2.59 bits per heavy atom. The van der Waals surface area contributed by atoms with Gasteiger partial charge < -0.3 is 14.8 Å². The second-order valence-electron chi connectivity index (χ2n) is 7.15. The van der Waals surface area contributed by atoms with Gasteiger partial charge in [-0.15, -0.1) is 0 Å². The fourth-order valence-corrected chi connectivity index (χ4v) is 3.99. The van der Waals surface area contributed by atoms with Gasteiger partial charge in [0, 0.05) is 11.8 Å². The molecule has 0 spiro atoms. The van der Waals surface area contributed by atoms with Gasteiger partial charge in [-0.1, -0.05) is 17.8 Å². The third-order valence-electron chi connectivity index (χ3n) is 5.07. The lowest BCUT2D eigenvalue weighted by atomic mass is 10.1. The Morgan fingerprint density at radius 1 is 1.03 bits per heavy atom. The zero-order valence-corrected chi connectivity index (χ0v) is 19.1. The number of carbonyl (C=O) groups excluding carboxylic acids is 1. The van der Waals surface area contributed by atoms with Gasteiger partial charge in [0.2, 0.25) is 5.91 Å². The third-order valence-corrected chi connectivity index (χ3v) is 6.08. The minimum atomic E-state index is -0.157. The number of anilines is 1. The average molecular weight is 450 g/mol. The number of hydrogen-bond donors (Lipinski definition) is 1. The molecule has 0 aliphatic carbocycles. The van der Waals surface area contributed by atoms with Crippen LogP contribution in [-0.2, 0) is 4.79 Å². The van der Waals surface area contributed by atoms with E-state index in [0.29, 0.717) is 27.9 Å². The molecule has 0 saturated carbocycles. The van der Waals surface area contributed by atoms with Crippen LogP contribution in [0.5, 0.6) is 11.5 Å². The van der Waals surface area contributed by atoms with Crippen LogP contribution in [0.25, 0.3) is 16.7 Å². The normalized spacial score (nSPS) is 10.9. The summed E-state index contributed by atoms with van der Waals surface area (Å²) in [6, 6.07) is 11.4. The van der Waals surface area contributed by atoms with Crippen molar-refractivity contribution in [2.24, 2.45) is 0 Å². The Kier molecular flexibility index (Phi) is 6.27. The van der Waals surface area contributed by atoms with Crippen molar-refractivity contribution in [3.8, 4) is 17.2 Å². The molecule has 9 heteroatoms. The van der Waals surface area contributed by atoms with Crippen molar-refractivity contribution in [3.63, 3.8) is 0 Å². The predicted octanol–water partition coefficient (Wildman–Crippen LogP) is 4.18. The van der Waals surface area contributed by atoms with Gasteiger partial charge in [0.15, 0.2) is 17.1 Å². The number of aromatic nitrogens is 4. The van der Waals surface area contributed by atoms with Gasteiger partial charge in [-0.2, -0.15) is 5.10 Å². The monoisotopic (exact) mass is 449 g/mol. The van der Waals surface area contributed by atoms with Gasteiger partial charge in [0.1, 0.15) is 11.4 Å². The minimum absolute atomic E-state index is 0.157. The number of hydrogen-bond acceptors (Lipinski definition) is 7. The molecule has 0 aliphatic heterocycles. The second kappa shape index (κ2) is 9.27. The van der Waals surface area contributed by atoms with E-state index >= 15 is 0 Å². The highest BCUT2D eigenvalue weighted by Crippen LogP contribution is 2.30. The van der Waals surface area contributed by atoms with Crippen LogP contribution in [0.2, 0.25) is 0 Å². The van der Waals surface area contributed by atoms with E-state index in [1.807, 2.05) is 6.07 Å². The fourth-order valence-electron chi connectivity index (χ4n) is 3.23. The molecule has 2 heterocycles. The van der Waals surface area contributed by atoms with E-state index in [1.165, 1.54) is 29.2 Å². The number of fused-ring (bicyclic) bond motifs is 1. The summed E-state index contributed by atoms with van der Waals surface area (Å²) in [7, 11) is 3.12. The van der Waals surface area contributed by atoms with E-state index in [2.05, 4.69) is 46.4 Å². The molecule has 2 aromatic heterocycles. The van der Waals surface area contributed by atoms with E-state index < -0.39 is 0 Å². The first-order valence-corrected chi connectivity index (χ1v) is 10.9. The second-order valence-corrected chi connectivity index (χ2v) is 8.11. The van der Waals surface area contributed by atoms with E-state index in [0.717, 1.165) is 11.1 Å². The first-order valence-electron chi connectivity index (χ1n) is 9.91. The molecule has 0 saturated heterocycles. The molecule has 4 aromatic rings. The van der Waals surface area contributed by atoms with Crippen molar-refractivity contribution in [1.29, 1.82) is 0 Å². The summed E-state index contributed by atoms with van der Waals surface area (Å²) in [6.45, 7) is 4.14. The van der Waals surface area contributed by atoms with Crippen molar-refractivity contribution >= 4 is 34.4 Å². The highest BCUT2D eigenvalue weighted by molar-refractivity contribution is 8.00. The van der Waals surface area contributed by atoms with Crippen molar-refractivity contribution in [2.75, 3.05) is 25.3 Å². The molecule has 0 fully saturated rings. The molecule has 8 nitrogen and oxygen atoms in total. The summed E-state index contributed by atoms with van der Waals surface area (Å²) in [4.78, 5) is 21.3. The van der Waals surface area contributed by atoms with Gasteiger partial charge >= 0.3 is 0 Å². The molecule has 1 N–H and O–H groups in total. The number of nitrogens with zero attached hydrogens (tertiary/aromatic N) is 4. The van der Waals surface area contributed by atoms with E-state index in [9.17, 15) is 4.79 Å². The SMILES string of the molecule is COc1ccc(NC(=O)CSc2ncnc3c2cnn3-c2ccc(C)c(C)c2)cc1OC. The Hall–Kier alpha value is -3.59. The Balaban J connectivity index is 1.49. The summed E-state index contributed by atoms with van der Waals surface area (Å²) in [5.74, 6) is 1.18. The quantitative estimate of drug-likeness (QED) is 0.334. The van der Waals surface area contributed by atoms with Crippen LogP contribution in [0.4, 0.5) is 5.69 Å². The summed E-state index contributed by atoms with van der Waals surface area (Å²) in [5.41, 5.74) is 4.66. The van der Waals surface area contributed by atoms with Gasteiger partial charge in [-0.25, -0.2) is 14.6 Å². The smallest absolute Gasteiger partial charge is 0.234 e. The topological polar surface area (TPSA) is 91.2 Å². The molecule has 2 aromatic carbocycles. The lowest BCUT2D eigenvalue weighted by Crippen LogP contribution is -2.14. The van der Waals surface area contributed by atoms with Crippen molar-refractivity contribution in [2.45, 2.75) is 18.9 Å². The predicted molar refractivity (Wildman–Crippen MR) is 125 cm³/mol. The summed E-state index contributed by atoms with van der Waals surface area (Å²) in [6.07, 6.45) is 3.23. The molecule has 0 unspecified atom stereocenters. The largest absolute Gasteiger partial charge is 0.493 e. The number of aryl methyl sites for hydroxylation is 2. The molecular formula is C23H23N5O3S. The van der Waals surface area contributed by atoms with Gasteiger partial charge in [-0.3, -0.25) is 4.79 Å². The molecule has 0 aliphatic rings. The zero-order chi connectivity index (χ0) is 22.7. The number of carbonyl (C=O) groups is 1. The number of methoxy groups -OCH3 is 2. The van der Waals surface area contributed by atoms with E-state index in [4.69, 9.17) is 9.47 Å². The minimum Gasteiger partial charge on any atom is -0.493 e. The molecule has 164 valence electrons. The van der Waals surface area contributed by atoms with Gasteiger partial charge in [-0.05, 0) is 49.2 Å². The standard InChI is InChI=1S/C23H23N5O3S/c1-14-5-7-17(9-15(14)2)28-22-18(11-26-28)23(25-13-24-22)32-12-21(29)27-16-6-8-19(30-3)20(10-16)31-4/h5-11,13H,12H2,1-4H3,(H,27,29). The van der Waals surface area contributed by atoms with Crippen molar-refractivity contribution in [1.82, 2.24) is 19.7 Å². The number of nitrogens with one attached hydrogen (secondary N) is 1. The maximum absolute atomic E-state index is 12.5. The lowest BCUT2D eigenvalue weighted by Gasteiger charge is -2.10. The highest BCUT2D eigenvalue weighted by atomic mass is 32.2. The number of rotatable bonds is 7. The maximum atomic E-state index is 12.5. The fraction of sp³-hybridized carbons (Fsp3) is 0.217. The number of benzene rings is 2. The molecular weight excluding hydrogens is 426 g/mol. The third kappa shape index (κ3) is 4.38. The van der Waals surface area contributed by atoms with Gasteiger partial charge in [0.25, 0.3) is 0 Å². The van der Waals surface area contributed by atoms with Crippen molar-refractivity contribution < 1.29 is 14.3 Å². The highest BCUT2D eigenvalue weighted by Gasteiger charge is 2.14. The maximum Gasteiger partial charge on any atom is 0.234 e. The molecule has 32 heavy (non-hydrogen) atoms. The van der Waals surface area contributed by atoms with Crippen LogP contribution in [0.3, 0.4) is 0 Å². The molecule has 4 rings (SSSR count). The van der Waals surface area contributed by atoms with Crippen LogP contribution in [0.15, 0.2) is 53.9 Å². The number of thioether (sulfide) groups is 1. The van der Waals surface area contributed by atoms with Crippen LogP contribution in [-0.4, -0.2) is 45.6 Å². The number of ether oxygens (including phenoxy) is 2. The van der Waals surface area contributed by atoms with Crippen LogP contribution >= 0.6 is 11.8 Å².